The van der Waals surface area contributed by atoms with E-state index in [0.29, 0.717) is 11.4 Å². The number of benzene rings is 1. The van der Waals surface area contributed by atoms with Gasteiger partial charge in [0.05, 0.1) is 0 Å². The largest absolute Gasteiger partial charge is 0.444 e. The molecule has 0 aromatic heterocycles. The van der Waals surface area contributed by atoms with E-state index in [4.69, 9.17) is 10.5 Å². The van der Waals surface area contributed by atoms with Gasteiger partial charge >= 0.3 is 12.1 Å². The summed E-state index contributed by atoms with van der Waals surface area (Å²) in [6.07, 6.45) is -0.554. The molecule has 6 heteroatoms. The molecule has 104 valence electrons. The highest BCUT2D eigenvalue weighted by atomic mass is 16.6. The van der Waals surface area contributed by atoms with Crippen molar-refractivity contribution >= 4 is 23.5 Å². The van der Waals surface area contributed by atoms with Gasteiger partial charge in [-0.25, -0.2) is 9.59 Å². The molecule has 0 saturated carbocycles. The number of carbonyl (C=O) groups is 2. The van der Waals surface area contributed by atoms with E-state index in [-0.39, 0.29) is 0 Å². The molecule has 0 saturated heterocycles. The molecule has 1 aromatic rings. The summed E-state index contributed by atoms with van der Waals surface area (Å²) in [6.45, 7) is 7.16. The maximum absolute atomic E-state index is 11.6. The van der Waals surface area contributed by atoms with Crippen LogP contribution in [0.2, 0.25) is 0 Å². The van der Waals surface area contributed by atoms with Crippen LogP contribution in [-0.2, 0) is 4.74 Å². The Labute approximate surface area is 112 Å². The Morgan fingerprint density at radius 2 is 1.84 bits per heavy atom. The molecular weight excluding hydrogens is 246 g/mol. The van der Waals surface area contributed by atoms with E-state index >= 15 is 0 Å². The maximum atomic E-state index is 11.6. The minimum absolute atomic E-state index is 0.517. The summed E-state index contributed by atoms with van der Waals surface area (Å²) < 4.78 is 5.13. The third-order valence-electron chi connectivity index (χ3n) is 2.14. The zero-order valence-corrected chi connectivity index (χ0v) is 11.5. The van der Waals surface area contributed by atoms with Crippen molar-refractivity contribution in [1.29, 1.82) is 0 Å². The number of hydrogen-bond donors (Lipinski definition) is 3. The predicted molar refractivity (Wildman–Crippen MR) is 74.2 cm³/mol. The van der Waals surface area contributed by atoms with Gasteiger partial charge < -0.3 is 15.8 Å². The van der Waals surface area contributed by atoms with Gasteiger partial charge in [0.1, 0.15) is 5.60 Å². The monoisotopic (exact) mass is 265 g/mol. The Morgan fingerprint density at radius 3 is 2.37 bits per heavy atom. The van der Waals surface area contributed by atoms with Gasteiger partial charge in [0, 0.05) is 11.4 Å². The number of primary amides is 1. The normalized spacial score (nSPS) is 10.7. The molecule has 0 aliphatic heterocycles. The van der Waals surface area contributed by atoms with Gasteiger partial charge in [0.2, 0.25) is 0 Å². The van der Waals surface area contributed by atoms with Crippen LogP contribution in [0.3, 0.4) is 0 Å². The first-order valence-corrected chi connectivity index (χ1v) is 5.84. The van der Waals surface area contributed by atoms with Crippen molar-refractivity contribution in [3.8, 4) is 0 Å². The van der Waals surface area contributed by atoms with E-state index in [1.165, 1.54) is 0 Å². The van der Waals surface area contributed by atoms with Gasteiger partial charge in [0.15, 0.2) is 0 Å². The number of aryl methyl sites for hydroxylation is 1. The van der Waals surface area contributed by atoms with Crippen molar-refractivity contribution in [2.24, 2.45) is 5.73 Å². The number of urea groups is 1. The molecule has 3 amide bonds. The average molecular weight is 265 g/mol. The summed E-state index contributed by atoms with van der Waals surface area (Å²) >= 11 is 0. The lowest BCUT2D eigenvalue weighted by molar-refractivity contribution is 0.0636. The fourth-order valence-electron chi connectivity index (χ4n) is 1.39. The first kappa shape index (κ1) is 14.8. The fraction of sp³-hybridized carbons (Fsp3) is 0.385. The van der Waals surface area contributed by atoms with E-state index in [2.05, 4.69) is 10.6 Å². The van der Waals surface area contributed by atoms with Crippen molar-refractivity contribution in [3.05, 3.63) is 23.8 Å². The zero-order valence-electron chi connectivity index (χ0n) is 11.5. The number of amides is 3. The van der Waals surface area contributed by atoms with Gasteiger partial charge in [-0.3, -0.25) is 5.32 Å². The van der Waals surface area contributed by atoms with Crippen LogP contribution in [0, 0.1) is 6.92 Å². The quantitative estimate of drug-likeness (QED) is 0.767. The maximum Gasteiger partial charge on any atom is 0.412 e. The van der Waals surface area contributed by atoms with Crippen LogP contribution in [0.5, 0.6) is 0 Å². The Morgan fingerprint density at radius 1 is 1.21 bits per heavy atom. The first-order chi connectivity index (χ1) is 8.67. The van der Waals surface area contributed by atoms with Gasteiger partial charge in [-0.15, -0.1) is 0 Å². The lowest BCUT2D eigenvalue weighted by Crippen LogP contribution is -2.27. The smallest absolute Gasteiger partial charge is 0.412 e. The Kier molecular flexibility index (Phi) is 4.37. The minimum Gasteiger partial charge on any atom is -0.444 e. The highest BCUT2D eigenvalue weighted by Crippen LogP contribution is 2.20. The standard InChI is InChI=1S/C13H19N3O3/c1-8-5-6-9(7-10(8)16-11(14)17)15-12(18)19-13(2,3)4/h5-7H,1-4H3,(H,15,18)(H3,14,16,17). The summed E-state index contributed by atoms with van der Waals surface area (Å²) in [6, 6.07) is 4.44. The summed E-state index contributed by atoms with van der Waals surface area (Å²) in [5.41, 5.74) is 6.40. The van der Waals surface area contributed by atoms with E-state index < -0.39 is 17.7 Å². The molecule has 0 aliphatic carbocycles. The van der Waals surface area contributed by atoms with Crippen LogP contribution in [0.1, 0.15) is 26.3 Å². The van der Waals surface area contributed by atoms with Crippen LogP contribution in [0.15, 0.2) is 18.2 Å². The molecule has 0 atom stereocenters. The first-order valence-electron chi connectivity index (χ1n) is 5.84. The van der Waals surface area contributed by atoms with E-state index in [0.717, 1.165) is 5.56 Å². The SMILES string of the molecule is Cc1ccc(NC(=O)OC(C)(C)C)cc1NC(N)=O. The molecular formula is C13H19N3O3. The number of ether oxygens (including phenoxy) is 1. The molecule has 1 rings (SSSR count). The Balaban J connectivity index is 2.79. The molecule has 6 nitrogen and oxygen atoms in total. The second-order valence-electron chi connectivity index (χ2n) is 5.15. The van der Waals surface area contributed by atoms with Crippen molar-refractivity contribution < 1.29 is 14.3 Å². The topological polar surface area (TPSA) is 93.4 Å². The summed E-state index contributed by atoms with van der Waals surface area (Å²) in [5, 5.41) is 5.07. The molecule has 0 spiro atoms. The predicted octanol–water partition coefficient (Wildman–Crippen LogP) is 2.83. The second-order valence-corrected chi connectivity index (χ2v) is 5.15. The van der Waals surface area contributed by atoms with Gasteiger partial charge in [-0.05, 0) is 45.4 Å². The summed E-state index contributed by atoms with van der Waals surface area (Å²) in [7, 11) is 0. The van der Waals surface area contributed by atoms with Gasteiger partial charge in [0.25, 0.3) is 0 Å². The molecule has 0 unspecified atom stereocenters. The molecule has 0 aliphatic rings. The number of rotatable bonds is 2. The van der Waals surface area contributed by atoms with Crippen LogP contribution in [0.4, 0.5) is 21.0 Å². The van der Waals surface area contributed by atoms with Crippen LogP contribution in [-0.4, -0.2) is 17.7 Å². The van der Waals surface area contributed by atoms with Crippen molar-refractivity contribution in [3.63, 3.8) is 0 Å². The van der Waals surface area contributed by atoms with Crippen LogP contribution in [0.25, 0.3) is 0 Å². The molecule has 0 radical (unpaired) electrons. The van der Waals surface area contributed by atoms with Crippen LogP contribution < -0.4 is 16.4 Å². The van der Waals surface area contributed by atoms with E-state index in [1.807, 2.05) is 6.92 Å². The van der Waals surface area contributed by atoms with E-state index in [1.54, 1.807) is 39.0 Å². The van der Waals surface area contributed by atoms with E-state index in [9.17, 15) is 9.59 Å². The van der Waals surface area contributed by atoms with Gasteiger partial charge in [-0.1, -0.05) is 6.07 Å². The molecule has 19 heavy (non-hydrogen) atoms. The lowest BCUT2D eigenvalue weighted by Gasteiger charge is -2.20. The van der Waals surface area contributed by atoms with Crippen molar-refractivity contribution in [1.82, 2.24) is 0 Å². The van der Waals surface area contributed by atoms with Crippen molar-refractivity contribution in [2.45, 2.75) is 33.3 Å². The third-order valence-corrected chi connectivity index (χ3v) is 2.14. The number of anilines is 2. The lowest BCUT2D eigenvalue weighted by atomic mass is 10.2. The number of carbonyl (C=O) groups excluding carboxylic acids is 2. The second kappa shape index (κ2) is 5.60. The zero-order chi connectivity index (χ0) is 14.6. The molecule has 0 bridgehead atoms. The number of nitrogens with two attached hydrogens (primary N) is 1. The minimum atomic E-state index is -0.655. The molecule has 0 fully saturated rings. The number of nitrogens with one attached hydrogen (secondary N) is 2. The molecule has 1 aromatic carbocycles. The van der Waals surface area contributed by atoms with Crippen molar-refractivity contribution in [2.75, 3.05) is 10.6 Å². The third kappa shape index (κ3) is 5.29. The highest BCUT2D eigenvalue weighted by molar-refractivity contribution is 5.91. The number of hydrogen-bond acceptors (Lipinski definition) is 3. The fourth-order valence-corrected chi connectivity index (χ4v) is 1.39. The van der Waals surface area contributed by atoms with Crippen LogP contribution >= 0.6 is 0 Å². The molecule has 4 N–H and O–H groups in total. The summed E-state index contributed by atoms with van der Waals surface area (Å²) in [4.78, 5) is 22.4. The Bertz CT molecular complexity index is 492. The van der Waals surface area contributed by atoms with Gasteiger partial charge in [-0.2, -0.15) is 0 Å². The highest BCUT2D eigenvalue weighted by Gasteiger charge is 2.16. The summed E-state index contributed by atoms with van der Waals surface area (Å²) in [5.74, 6) is 0. The Hall–Kier alpha value is -2.24. The molecule has 0 heterocycles. The average Bonchev–Trinajstić information content (AvgIpc) is 2.19.